The lowest BCUT2D eigenvalue weighted by Gasteiger charge is -2.47. The molecular weight excluding hydrogens is 577 g/mol. The van der Waals surface area contributed by atoms with Crippen LogP contribution in [0.5, 0.6) is 0 Å². The van der Waals surface area contributed by atoms with E-state index in [9.17, 15) is 36.3 Å². The lowest BCUT2D eigenvalue weighted by molar-refractivity contribution is -0.137. The molecule has 1 aliphatic carbocycles. The number of carbonyl (C=O) groups is 2. The molecule has 1 unspecified atom stereocenters. The van der Waals surface area contributed by atoms with Crippen LogP contribution in [0.3, 0.4) is 0 Å². The van der Waals surface area contributed by atoms with E-state index in [0.29, 0.717) is 11.8 Å². The van der Waals surface area contributed by atoms with Crippen molar-refractivity contribution < 1.29 is 31.5 Å². The molecule has 0 spiro atoms. The Kier molecular flexibility index (Phi) is 8.99. The Morgan fingerprint density at radius 1 is 1.14 bits per heavy atom. The number of Topliss-reactive ketones (excluding diaryl/α,β-unsaturated/α-hetero) is 1. The summed E-state index contributed by atoms with van der Waals surface area (Å²) in [6.45, 7) is 1.25. The number of hydrogen-bond acceptors (Lipinski definition) is 7. The number of pyridine rings is 2. The van der Waals surface area contributed by atoms with E-state index in [1.807, 2.05) is 0 Å². The van der Waals surface area contributed by atoms with Crippen molar-refractivity contribution in [1.29, 1.82) is 0 Å². The highest BCUT2D eigenvalue weighted by Crippen LogP contribution is 2.39. The highest BCUT2D eigenvalue weighted by molar-refractivity contribution is 5.91. The van der Waals surface area contributed by atoms with Crippen molar-refractivity contribution in [3.8, 4) is 0 Å². The first-order valence-corrected chi connectivity index (χ1v) is 13.9. The summed E-state index contributed by atoms with van der Waals surface area (Å²) in [6, 6.07) is 2.99. The third-order valence-electron chi connectivity index (χ3n) is 7.75. The highest BCUT2D eigenvalue weighted by atomic mass is 19.4. The fourth-order valence-electron chi connectivity index (χ4n) is 5.60. The average molecular weight is 608 g/mol. The van der Waals surface area contributed by atoms with Crippen LogP contribution in [-0.2, 0) is 37.0 Å². The number of rotatable bonds is 12. The van der Waals surface area contributed by atoms with Crippen LogP contribution in [0.15, 0.2) is 41.6 Å². The van der Waals surface area contributed by atoms with Gasteiger partial charge in [0.15, 0.2) is 17.3 Å². The predicted molar refractivity (Wildman–Crippen MR) is 142 cm³/mol. The summed E-state index contributed by atoms with van der Waals surface area (Å²) in [5, 5.41) is 9.73. The van der Waals surface area contributed by atoms with Gasteiger partial charge in [0.2, 0.25) is 0 Å². The topological polar surface area (TPSA) is 115 Å². The summed E-state index contributed by atoms with van der Waals surface area (Å²) < 4.78 is 70.1. The van der Waals surface area contributed by atoms with Crippen LogP contribution in [-0.4, -0.2) is 66.9 Å². The van der Waals surface area contributed by atoms with Crippen molar-refractivity contribution in [3.63, 3.8) is 0 Å². The van der Waals surface area contributed by atoms with Crippen LogP contribution in [0, 0.1) is 17.7 Å². The van der Waals surface area contributed by atoms with Gasteiger partial charge in [-0.25, -0.2) is 13.5 Å². The SMILES string of the molecule is O=C(Cc1ccn(CCC(F)Cn2cc(C(=O)NCc3cc(C(F)(F)F)ccn3)nn2)c(=O)c1F)CN1CC2CC(C2)C1. The minimum Gasteiger partial charge on any atom is -0.345 e. The second kappa shape index (κ2) is 12.7. The molecule has 3 aromatic heterocycles. The number of alkyl halides is 4. The monoisotopic (exact) mass is 607 g/mol. The van der Waals surface area contributed by atoms with Gasteiger partial charge >= 0.3 is 6.18 Å². The van der Waals surface area contributed by atoms with E-state index in [1.54, 1.807) is 0 Å². The number of piperidine rings is 2. The standard InChI is InChI=1S/C28H30F5N7O3/c29-21(14-40-16-24(36-37-40)26(42)35-11-22-10-20(1-4-34-22)28(31,32)33)3-6-39-5-2-19(25(30)27(39)43)9-23(41)15-38-12-17-7-18(8-17)13-38/h1-2,4-5,10,16-18,21H,3,6-9,11-15H2,(H,35,42). The van der Waals surface area contributed by atoms with E-state index >= 15 is 0 Å². The molecule has 2 bridgehead atoms. The number of nitrogens with one attached hydrogen (secondary N) is 1. The maximum atomic E-state index is 14.8. The third-order valence-corrected chi connectivity index (χ3v) is 7.75. The maximum Gasteiger partial charge on any atom is 0.416 e. The highest BCUT2D eigenvalue weighted by Gasteiger charge is 2.37. The van der Waals surface area contributed by atoms with Gasteiger partial charge in [0, 0.05) is 44.0 Å². The van der Waals surface area contributed by atoms with Gasteiger partial charge in [-0.3, -0.25) is 24.3 Å². The zero-order valence-corrected chi connectivity index (χ0v) is 23.1. The molecular formula is C28H30F5N7O3. The zero-order chi connectivity index (χ0) is 30.7. The average Bonchev–Trinajstić information content (AvgIpc) is 3.41. The molecule has 230 valence electrons. The van der Waals surface area contributed by atoms with E-state index in [4.69, 9.17) is 0 Å². The Balaban J connectivity index is 1.08. The lowest BCUT2D eigenvalue weighted by Crippen LogP contribution is -2.50. The Hall–Kier alpha value is -4.01. The van der Waals surface area contributed by atoms with Crippen molar-refractivity contribution >= 4 is 11.7 Å². The smallest absolute Gasteiger partial charge is 0.345 e. The minimum atomic E-state index is -4.55. The van der Waals surface area contributed by atoms with E-state index in [0.717, 1.165) is 40.7 Å². The fourth-order valence-corrected chi connectivity index (χ4v) is 5.60. The molecule has 3 fully saturated rings. The Labute approximate surface area is 242 Å². The summed E-state index contributed by atoms with van der Waals surface area (Å²) in [4.78, 5) is 43.2. The molecule has 1 amide bonds. The van der Waals surface area contributed by atoms with Gasteiger partial charge in [0.1, 0.15) is 6.17 Å². The first kappa shape index (κ1) is 30.4. The molecule has 2 saturated heterocycles. The van der Waals surface area contributed by atoms with Crippen LogP contribution in [0.4, 0.5) is 22.0 Å². The molecule has 5 heterocycles. The molecule has 3 aromatic rings. The van der Waals surface area contributed by atoms with E-state index in [1.165, 1.54) is 31.3 Å². The van der Waals surface area contributed by atoms with Crippen LogP contribution in [0.25, 0.3) is 0 Å². The van der Waals surface area contributed by atoms with Crippen molar-refractivity contribution in [2.45, 2.75) is 57.7 Å². The second-order valence-electron chi connectivity index (χ2n) is 11.2. The van der Waals surface area contributed by atoms with E-state index in [-0.39, 0.29) is 61.8 Å². The first-order valence-electron chi connectivity index (χ1n) is 13.9. The van der Waals surface area contributed by atoms with Gasteiger partial charge in [-0.2, -0.15) is 13.2 Å². The summed E-state index contributed by atoms with van der Waals surface area (Å²) >= 11 is 0. The first-order chi connectivity index (χ1) is 20.4. The minimum absolute atomic E-state index is 0.0145. The van der Waals surface area contributed by atoms with Gasteiger partial charge in [-0.1, -0.05) is 5.21 Å². The van der Waals surface area contributed by atoms with Gasteiger partial charge in [0.25, 0.3) is 11.5 Å². The molecule has 0 aromatic carbocycles. The van der Waals surface area contributed by atoms with Crippen molar-refractivity contribution in [2.24, 2.45) is 11.8 Å². The fraction of sp³-hybridized carbons (Fsp3) is 0.500. The van der Waals surface area contributed by atoms with Crippen LogP contribution < -0.4 is 10.9 Å². The molecule has 43 heavy (non-hydrogen) atoms. The number of aryl methyl sites for hydroxylation is 1. The molecule has 1 N–H and O–H groups in total. The number of ketones is 1. The van der Waals surface area contributed by atoms with Crippen LogP contribution in [0.1, 0.15) is 46.6 Å². The summed E-state index contributed by atoms with van der Waals surface area (Å²) in [7, 11) is 0. The van der Waals surface area contributed by atoms with Crippen LogP contribution in [0.2, 0.25) is 0 Å². The largest absolute Gasteiger partial charge is 0.416 e. The molecule has 1 saturated carbocycles. The van der Waals surface area contributed by atoms with Gasteiger partial charge in [-0.05, 0) is 49.3 Å². The molecule has 0 radical (unpaired) electrons. The number of amides is 1. The summed E-state index contributed by atoms with van der Waals surface area (Å²) in [5.74, 6) is -0.647. The second-order valence-corrected chi connectivity index (χ2v) is 11.2. The Bertz CT molecular complexity index is 1520. The van der Waals surface area contributed by atoms with Crippen LogP contribution >= 0.6 is 0 Å². The maximum absolute atomic E-state index is 14.8. The third kappa shape index (κ3) is 7.69. The van der Waals surface area contributed by atoms with Gasteiger partial charge < -0.3 is 9.88 Å². The Morgan fingerprint density at radius 3 is 2.60 bits per heavy atom. The zero-order valence-electron chi connectivity index (χ0n) is 23.1. The molecule has 2 aliphatic heterocycles. The molecule has 15 heteroatoms. The number of hydrogen-bond donors (Lipinski definition) is 1. The molecule has 10 nitrogen and oxygen atoms in total. The quantitative estimate of drug-likeness (QED) is 0.315. The van der Waals surface area contributed by atoms with Crippen molar-refractivity contribution in [3.05, 3.63) is 75.5 Å². The predicted octanol–water partition coefficient (Wildman–Crippen LogP) is 2.80. The molecule has 1 atom stereocenters. The van der Waals surface area contributed by atoms with Gasteiger partial charge in [0.05, 0.1) is 37.1 Å². The molecule has 3 aliphatic rings. The van der Waals surface area contributed by atoms with Crippen molar-refractivity contribution in [2.75, 3.05) is 19.6 Å². The number of nitrogens with zero attached hydrogens (tertiary/aromatic N) is 6. The van der Waals surface area contributed by atoms with E-state index < -0.39 is 35.2 Å². The number of halogens is 5. The lowest BCUT2D eigenvalue weighted by atomic mass is 9.71. The number of carbonyl (C=O) groups excluding carboxylic acids is 2. The van der Waals surface area contributed by atoms with E-state index in [2.05, 4.69) is 25.5 Å². The number of aromatic nitrogens is 5. The Morgan fingerprint density at radius 2 is 1.88 bits per heavy atom. The van der Waals surface area contributed by atoms with Crippen molar-refractivity contribution in [1.82, 2.24) is 34.8 Å². The summed E-state index contributed by atoms with van der Waals surface area (Å²) in [5.41, 5.74) is -2.02. The van der Waals surface area contributed by atoms with Gasteiger partial charge in [-0.15, -0.1) is 5.10 Å². The normalized spacial score (nSPS) is 19.1. The summed E-state index contributed by atoms with van der Waals surface area (Å²) in [6.07, 6.45) is -0.512. The number of fused-ring (bicyclic) bond motifs is 2. The molecule has 6 rings (SSSR count).